The lowest BCUT2D eigenvalue weighted by Gasteiger charge is -2.17. The second-order valence-corrected chi connectivity index (χ2v) is 6.06. The van der Waals surface area contributed by atoms with E-state index in [1.807, 2.05) is 14.0 Å². The molecule has 0 aromatic heterocycles. The van der Waals surface area contributed by atoms with Crippen LogP contribution in [0.2, 0.25) is 0 Å². The first kappa shape index (κ1) is 16.8. The molecule has 0 heterocycles. The number of hydrogen-bond donors (Lipinski definition) is 2. The van der Waals surface area contributed by atoms with Crippen LogP contribution in [-0.2, 0) is 14.8 Å². The van der Waals surface area contributed by atoms with Gasteiger partial charge in [0.2, 0.25) is 10.0 Å². The van der Waals surface area contributed by atoms with Crippen molar-refractivity contribution in [1.82, 2.24) is 10.0 Å². The normalized spacial score (nSPS) is 13.8. The molecule has 0 saturated heterocycles. The van der Waals surface area contributed by atoms with Crippen LogP contribution < -0.4 is 10.0 Å². The summed E-state index contributed by atoms with van der Waals surface area (Å²) in [6.07, 6.45) is 3.31. The Labute approximate surface area is 105 Å². The zero-order valence-electron chi connectivity index (χ0n) is 11.2. The van der Waals surface area contributed by atoms with Gasteiger partial charge >= 0.3 is 0 Å². The molecule has 0 bridgehead atoms. The Hall–Kier alpha value is -0.170. The molecule has 0 aliphatic heterocycles. The first-order chi connectivity index (χ1) is 8.05. The van der Waals surface area contributed by atoms with E-state index in [1.165, 1.54) is 0 Å². The van der Waals surface area contributed by atoms with Gasteiger partial charge < -0.3 is 10.1 Å². The lowest BCUT2D eigenvalue weighted by molar-refractivity contribution is 0.171. The van der Waals surface area contributed by atoms with Gasteiger partial charge in [-0.3, -0.25) is 0 Å². The molecule has 0 rings (SSSR count). The lowest BCUT2D eigenvalue weighted by Crippen LogP contribution is -2.39. The molecule has 1 atom stereocenters. The quantitative estimate of drug-likeness (QED) is 0.541. The molecule has 0 radical (unpaired) electrons. The Morgan fingerprint density at radius 3 is 2.53 bits per heavy atom. The van der Waals surface area contributed by atoms with Crippen LogP contribution in [0.3, 0.4) is 0 Å². The van der Waals surface area contributed by atoms with Crippen molar-refractivity contribution in [3.05, 3.63) is 0 Å². The van der Waals surface area contributed by atoms with E-state index in [0.29, 0.717) is 13.0 Å². The van der Waals surface area contributed by atoms with Crippen LogP contribution in [0.5, 0.6) is 0 Å². The second-order valence-electron chi connectivity index (χ2n) is 4.19. The highest BCUT2D eigenvalue weighted by molar-refractivity contribution is 7.89. The summed E-state index contributed by atoms with van der Waals surface area (Å²) in [6.45, 7) is 3.32. The average molecular weight is 266 g/mol. The highest BCUT2D eigenvalue weighted by Gasteiger charge is 2.16. The van der Waals surface area contributed by atoms with Gasteiger partial charge in [0.15, 0.2) is 0 Å². The molecule has 0 aromatic carbocycles. The Morgan fingerprint density at radius 2 is 2.00 bits per heavy atom. The molecule has 104 valence electrons. The standard InChI is InChI=1S/C11H26N2O3S/c1-4-7-11(10-16-3)13-17(14,15)9-6-5-8-12-2/h11-13H,4-10H2,1-3H3. The molecule has 6 heteroatoms. The molecule has 0 aliphatic rings. The zero-order chi connectivity index (χ0) is 13.1. The monoisotopic (exact) mass is 266 g/mol. The van der Waals surface area contributed by atoms with E-state index in [-0.39, 0.29) is 11.8 Å². The van der Waals surface area contributed by atoms with Crippen LogP contribution in [0.15, 0.2) is 0 Å². The van der Waals surface area contributed by atoms with Gasteiger partial charge in [0.1, 0.15) is 0 Å². The predicted molar refractivity (Wildman–Crippen MR) is 70.7 cm³/mol. The van der Waals surface area contributed by atoms with Gasteiger partial charge in [0.05, 0.1) is 12.4 Å². The number of sulfonamides is 1. The fourth-order valence-corrected chi connectivity index (χ4v) is 3.03. The molecule has 0 amide bonds. The molecular formula is C11H26N2O3S. The van der Waals surface area contributed by atoms with E-state index in [9.17, 15) is 8.42 Å². The number of unbranched alkanes of at least 4 members (excludes halogenated alkanes) is 1. The average Bonchev–Trinajstić information content (AvgIpc) is 2.25. The van der Waals surface area contributed by atoms with Crippen molar-refractivity contribution >= 4 is 10.0 Å². The van der Waals surface area contributed by atoms with Crippen LogP contribution in [0.1, 0.15) is 32.6 Å². The summed E-state index contributed by atoms with van der Waals surface area (Å²) in [6, 6.07) is -0.0979. The van der Waals surface area contributed by atoms with E-state index >= 15 is 0 Å². The molecule has 0 saturated carbocycles. The molecule has 2 N–H and O–H groups in total. The minimum absolute atomic E-state index is 0.0979. The fraction of sp³-hybridized carbons (Fsp3) is 1.00. The third-order valence-corrected chi connectivity index (χ3v) is 3.96. The summed E-state index contributed by atoms with van der Waals surface area (Å²) in [5, 5.41) is 3.00. The summed E-state index contributed by atoms with van der Waals surface area (Å²) in [4.78, 5) is 0. The number of rotatable bonds is 11. The molecule has 17 heavy (non-hydrogen) atoms. The fourth-order valence-electron chi connectivity index (χ4n) is 1.63. The molecule has 0 aliphatic carbocycles. The molecule has 0 fully saturated rings. The summed E-state index contributed by atoms with van der Waals surface area (Å²) in [5.74, 6) is 0.193. The molecule has 1 unspecified atom stereocenters. The van der Waals surface area contributed by atoms with Crippen molar-refractivity contribution < 1.29 is 13.2 Å². The summed E-state index contributed by atoms with van der Waals surface area (Å²) >= 11 is 0. The Kier molecular flexibility index (Phi) is 9.72. The van der Waals surface area contributed by atoms with Crippen molar-refractivity contribution in [2.24, 2.45) is 0 Å². The summed E-state index contributed by atoms with van der Waals surface area (Å²) < 4.78 is 31.2. The minimum atomic E-state index is -3.16. The Balaban J connectivity index is 4.02. The van der Waals surface area contributed by atoms with Crippen LogP contribution in [0, 0.1) is 0 Å². The maximum absolute atomic E-state index is 11.8. The highest BCUT2D eigenvalue weighted by Crippen LogP contribution is 2.02. The van der Waals surface area contributed by atoms with Crippen LogP contribution in [-0.4, -0.2) is 47.5 Å². The van der Waals surface area contributed by atoms with Crippen molar-refractivity contribution in [2.75, 3.05) is 33.1 Å². The molecule has 0 spiro atoms. The highest BCUT2D eigenvalue weighted by atomic mass is 32.2. The first-order valence-corrected chi connectivity index (χ1v) is 7.84. The van der Waals surface area contributed by atoms with Gasteiger partial charge in [-0.2, -0.15) is 0 Å². The zero-order valence-corrected chi connectivity index (χ0v) is 12.0. The van der Waals surface area contributed by atoms with Crippen LogP contribution in [0.25, 0.3) is 0 Å². The topological polar surface area (TPSA) is 67.4 Å². The number of hydrogen-bond acceptors (Lipinski definition) is 4. The van der Waals surface area contributed by atoms with E-state index in [4.69, 9.17) is 4.74 Å². The maximum atomic E-state index is 11.8. The number of nitrogens with one attached hydrogen (secondary N) is 2. The van der Waals surface area contributed by atoms with Gasteiger partial charge in [-0.1, -0.05) is 13.3 Å². The molecular weight excluding hydrogens is 240 g/mol. The SMILES string of the molecule is CCCC(COC)NS(=O)(=O)CCCCNC. The van der Waals surface area contributed by atoms with E-state index in [0.717, 1.165) is 25.8 Å². The first-order valence-electron chi connectivity index (χ1n) is 6.19. The van der Waals surface area contributed by atoms with E-state index < -0.39 is 10.0 Å². The van der Waals surface area contributed by atoms with Crippen molar-refractivity contribution in [3.8, 4) is 0 Å². The third-order valence-electron chi connectivity index (χ3n) is 2.44. The molecule has 5 nitrogen and oxygen atoms in total. The number of ether oxygens (including phenoxy) is 1. The number of methoxy groups -OCH3 is 1. The van der Waals surface area contributed by atoms with Crippen molar-refractivity contribution in [2.45, 2.75) is 38.6 Å². The Bertz CT molecular complexity index is 262. The largest absolute Gasteiger partial charge is 0.383 e. The van der Waals surface area contributed by atoms with Gasteiger partial charge in [0, 0.05) is 13.2 Å². The second kappa shape index (κ2) is 9.82. The van der Waals surface area contributed by atoms with Gasteiger partial charge in [0.25, 0.3) is 0 Å². The minimum Gasteiger partial charge on any atom is -0.383 e. The smallest absolute Gasteiger partial charge is 0.211 e. The van der Waals surface area contributed by atoms with Gasteiger partial charge in [-0.25, -0.2) is 13.1 Å². The summed E-state index contributed by atoms with van der Waals surface area (Å²) in [5.41, 5.74) is 0. The van der Waals surface area contributed by atoms with Gasteiger partial charge in [-0.15, -0.1) is 0 Å². The van der Waals surface area contributed by atoms with Crippen molar-refractivity contribution in [3.63, 3.8) is 0 Å². The Morgan fingerprint density at radius 1 is 1.29 bits per heavy atom. The predicted octanol–water partition coefficient (Wildman–Crippen LogP) is 0.721. The van der Waals surface area contributed by atoms with Crippen molar-refractivity contribution in [1.29, 1.82) is 0 Å². The lowest BCUT2D eigenvalue weighted by atomic mass is 10.2. The maximum Gasteiger partial charge on any atom is 0.211 e. The summed E-state index contributed by atoms with van der Waals surface area (Å²) in [7, 11) is 0.287. The van der Waals surface area contributed by atoms with Gasteiger partial charge in [-0.05, 0) is 32.9 Å². The molecule has 0 aromatic rings. The van der Waals surface area contributed by atoms with Crippen LogP contribution in [0.4, 0.5) is 0 Å². The third kappa shape index (κ3) is 9.52. The van der Waals surface area contributed by atoms with E-state index in [2.05, 4.69) is 10.0 Å². The van der Waals surface area contributed by atoms with Crippen LogP contribution >= 0.6 is 0 Å². The van der Waals surface area contributed by atoms with E-state index in [1.54, 1.807) is 7.11 Å².